The Hall–Kier alpha value is -3.19. The molecule has 0 bridgehead atoms. The first-order valence-corrected chi connectivity index (χ1v) is 11.1. The van der Waals surface area contributed by atoms with Crippen molar-refractivity contribution in [1.29, 1.82) is 0 Å². The Morgan fingerprint density at radius 2 is 1.64 bits per heavy atom. The van der Waals surface area contributed by atoms with Gasteiger partial charge in [-0.15, -0.1) is 0 Å². The van der Waals surface area contributed by atoms with Gasteiger partial charge >= 0.3 is 0 Å². The second-order valence-corrected chi connectivity index (χ2v) is 8.09. The van der Waals surface area contributed by atoms with Gasteiger partial charge in [0, 0.05) is 23.1 Å². The molecule has 0 saturated carbocycles. The molecule has 3 aromatic rings. The zero-order chi connectivity index (χ0) is 22.6. The molecule has 2 heterocycles. The Balaban J connectivity index is 1.38. The van der Waals surface area contributed by atoms with Crippen molar-refractivity contribution in [2.24, 2.45) is 0 Å². The van der Waals surface area contributed by atoms with E-state index in [0.717, 1.165) is 5.56 Å². The lowest BCUT2D eigenvalue weighted by Gasteiger charge is -2.43. The molecule has 0 aliphatic carbocycles. The molecule has 33 heavy (non-hydrogen) atoms. The molecule has 170 valence electrons. The fourth-order valence-corrected chi connectivity index (χ4v) is 4.26. The predicted molar refractivity (Wildman–Crippen MR) is 122 cm³/mol. The highest BCUT2D eigenvalue weighted by atomic mass is 16.7. The van der Waals surface area contributed by atoms with E-state index in [1.54, 1.807) is 37.4 Å². The lowest BCUT2D eigenvalue weighted by Crippen LogP contribution is -2.54. The normalized spacial score (nSPS) is 24.5. The number of hydrogen-bond acceptors (Lipinski definition) is 6. The summed E-state index contributed by atoms with van der Waals surface area (Å²) in [4.78, 5) is 13.0. The number of carbonyl (C=O) groups is 1. The molecular formula is C27H26O6. The van der Waals surface area contributed by atoms with Crippen molar-refractivity contribution < 1.29 is 28.5 Å². The summed E-state index contributed by atoms with van der Waals surface area (Å²) < 4.78 is 30.0. The van der Waals surface area contributed by atoms with Gasteiger partial charge in [0.1, 0.15) is 18.3 Å². The molecule has 2 saturated heterocycles. The van der Waals surface area contributed by atoms with E-state index >= 15 is 0 Å². The Labute approximate surface area is 193 Å². The quantitative estimate of drug-likeness (QED) is 0.517. The van der Waals surface area contributed by atoms with Crippen molar-refractivity contribution in [3.05, 3.63) is 95.6 Å². The van der Waals surface area contributed by atoms with Gasteiger partial charge in [0.15, 0.2) is 23.6 Å². The van der Waals surface area contributed by atoms with Crippen LogP contribution in [0.1, 0.15) is 34.2 Å². The van der Waals surface area contributed by atoms with Crippen molar-refractivity contribution in [3.63, 3.8) is 0 Å². The van der Waals surface area contributed by atoms with Gasteiger partial charge in [0.25, 0.3) is 0 Å². The van der Waals surface area contributed by atoms with Crippen LogP contribution in [0.5, 0.6) is 11.5 Å². The second-order valence-electron chi connectivity index (χ2n) is 8.09. The predicted octanol–water partition coefficient (Wildman–Crippen LogP) is 4.58. The molecule has 0 aromatic heterocycles. The van der Waals surface area contributed by atoms with Crippen LogP contribution in [0.25, 0.3) is 0 Å². The molecule has 0 amide bonds. The minimum absolute atomic E-state index is 0.0700. The number of methoxy groups -OCH3 is 1. The number of rotatable bonds is 6. The molecule has 2 aliphatic rings. The average molecular weight is 446 g/mol. The average Bonchev–Trinajstić information content (AvgIpc) is 2.89. The van der Waals surface area contributed by atoms with Crippen LogP contribution in [0.2, 0.25) is 0 Å². The van der Waals surface area contributed by atoms with Gasteiger partial charge in [0.05, 0.1) is 20.3 Å². The lowest BCUT2D eigenvalue weighted by molar-refractivity contribution is -0.295. The highest BCUT2D eigenvalue weighted by Gasteiger charge is 2.43. The van der Waals surface area contributed by atoms with Crippen LogP contribution in [0.4, 0.5) is 0 Å². The van der Waals surface area contributed by atoms with Crippen LogP contribution in [-0.4, -0.2) is 44.4 Å². The zero-order valence-corrected chi connectivity index (χ0v) is 18.4. The molecule has 2 aliphatic heterocycles. The number of ether oxygens (including phenoxy) is 5. The maximum atomic E-state index is 13.0. The second kappa shape index (κ2) is 9.75. The summed E-state index contributed by atoms with van der Waals surface area (Å²) >= 11 is 0. The third kappa shape index (κ3) is 4.64. The summed E-state index contributed by atoms with van der Waals surface area (Å²) in [5, 5.41) is 0. The molecule has 5 rings (SSSR count). The maximum absolute atomic E-state index is 13.0. The van der Waals surface area contributed by atoms with Gasteiger partial charge in [-0.3, -0.25) is 4.79 Å². The van der Waals surface area contributed by atoms with Gasteiger partial charge in [-0.25, -0.2) is 0 Å². The number of benzene rings is 3. The minimum Gasteiger partial charge on any atom is -0.493 e. The van der Waals surface area contributed by atoms with Crippen LogP contribution < -0.4 is 9.47 Å². The van der Waals surface area contributed by atoms with E-state index in [9.17, 15) is 4.79 Å². The molecule has 0 N–H and O–H groups in total. The van der Waals surface area contributed by atoms with Crippen LogP contribution in [0.15, 0.2) is 78.9 Å². The molecule has 6 heteroatoms. The van der Waals surface area contributed by atoms with E-state index in [1.807, 2.05) is 48.5 Å². The molecule has 0 unspecified atom stereocenters. The number of fused-ring (bicyclic) bond motifs is 1. The smallest absolute Gasteiger partial charge is 0.193 e. The van der Waals surface area contributed by atoms with Crippen molar-refractivity contribution in [1.82, 2.24) is 0 Å². The Morgan fingerprint density at radius 3 is 2.39 bits per heavy atom. The van der Waals surface area contributed by atoms with Crippen molar-refractivity contribution in [2.75, 3.05) is 20.3 Å². The molecular weight excluding hydrogens is 420 g/mol. The molecule has 3 aromatic carbocycles. The fraction of sp³-hybridized carbons (Fsp3) is 0.296. The third-order valence-corrected chi connectivity index (χ3v) is 5.97. The summed E-state index contributed by atoms with van der Waals surface area (Å²) in [6.45, 7) is 0.966. The minimum atomic E-state index is -0.479. The van der Waals surface area contributed by atoms with Gasteiger partial charge in [0.2, 0.25) is 0 Å². The first-order valence-electron chi connectivity index (χ1n) is 11.1. The summed E-state index contributed by atoms with van der Waals surface area (Å²) in [7, 11) is 1.59. The van der Waals surface area contributed by atoms with Crippen molar-refractivity contribution in [3.8, 4) is 11.5 Å². The van der Waals surface area contributed by atoms with E-state index in [4.69, 9.17) is 23.7 Å². The van der Waals surface area contributed by atoms with E-state index in [1.165, 1.54) is 0 Å². The van der Waals surface area contributed by atoms with Gasteiger partial charge in [-0.05, 0) is 18.2 Å². The lowest BCUT2D eigenvalue weighted by atomic mass is 10.00. The molecule has 2 fully saturated rings. The van der Waals surface area contributed by atoms with E-state index in [0.29, 0.717) is 42.3 Å². The van der Waals surface area contributed by atoms with Crippen LogP contribution in [-0.2, 0) is 14.2 Å². The van der Waals surface area contributed by atoms with Gasteiger partial charge < -0.3 is 23.7 Å². The largest absolute Gasteiger partial charge is 0.493 e. The Kier molecular flexibility index (Phi) is 6.39. The molecule has 6 nitrogen and oxygen atoms in total. The number of carbonyl (C=O) groups excluding carboxylic acids is 1. The van der Waals surface area contributed by atoms with E-state index < -0.39 is 6.29 Å². The van der Waals surface area contributed by atoms with Crippen molar-refractivity contribution >= 4 is 5.78 Å². The summed E-state index contributed by atoms with van der Waals surface area (Å²) in [6.07, 6.45) is -0.620. The van der Waals surface area contributed by atoms with Gasteiger partial charge in [-0.2, -0.15) is 0 Å². The fourth-order valence-electron chi connectivity index (χ4n) is 4.26. The molecule has 0 radical (unpaired) electrons. The summed E-state index contributed by atoms with van der Waals surface area (Å²) in [6, 6.07) is 24.3. The van der Waals surface area contributed by atoms with E-state index in [-0.39, 0.29) is 24.1 Å². The first kappa shape index (κ1) is 21.6. The Bertz CT molecular complexity index is 1080. The van der Waals surface area contributed by atoms with Crippen LogP contribution in [0.3, 0.4) is 0 Å². The summed E-state index contributed by atoms with van der Waals surface area (Å²) in [5.74, 6) is 1.00. The monoisotopic (exact) mass is 446 g/mol. The standard InChI is InChI=1S/C27H26O6/c1-29-21-13-12-20(25(28)18-8-4-2-5-9-18)16-23(21)32-22-14-15-30-24-17-31-27(33-26(22)24)19-10-6-3-7-11-19/h2-13,16,22,24,26-27H,14-15,17H2,1H3/t22-,24-,26+,27-/m1/s1. The summed E-state index contributed by atoms with van der Waals surface area (Å²) in [5.41, 5.74) is 2.11. The highest BCUT2D eigenvalue weighted by molar-refractivity contribution is 6.09. The maximum Gasteiger partial charge on any atom is 0.193 e. The van der Waals surface area contributed by atoms with Crippen molar-refractivity contribution in [2.45, 2.75) is 31.0 Å². The van der Waals surface area contributed by atoms with Crippen LogP contribution >= 0.6 is 0 Å². The highest BCUT2D eigenvalue weighted by Crippen LogP contribution is 2.36. The number of hydrogen-bond donors (Lipinski definition) is 0. The van der Waals surface area contributed by atoms with Crippen LogP contribution in [0, 0.1) is 0 Å². The first-order chi connectivity index (χ1) is 16.2. The topological polar surface area (TPSA) is 63.2 Å². The Morgan fingerprint density at radius 1 is 0.879 bits per heavy atom. The number of ketones is 1. The molecule has 4 atom stereocenters. The third-order valence-electron chi connectivity index (χ3n) is 5.97. The van der Waals surface area contributed by atoms with E-state index in [2.05, 4.69) is 0 Å². The molecule has 0 spiro atoms. The van der Waals surface area contributed by atoms with Gasteiger partial charge in [-0.1, -0.05) is 60.7 Å². The zero-order valence-electron chi connectivity index (χ0n) is 18.4. The SMILES string of the molecule is COc1ccc(C(=O)c2ccccc2)cc1O[C@@H]1CCO[C@@H]2CO[C@@H](c3ccccc3)O[C@H]21.